The van der Waals surface area contributed by atoms with E-state index < -0.39 is 0 Å². The molecular formula is C34H20. The monoisotopic (exact) mass is 428 g/mol. The molecule has 0 saturated carbocycles. The van der Waals surface area contributed by atoms with E-state index in [1.165, 1.54) is 54.6 Å². The minimum absolute atomic E-state index is 0.372. The third-order valence-corrected chi connectivity index (χ3v) is 7.86. The molecule has 0 N–H and O–H groups in total. The van der Waals surface area contributed by atoms with Crippen molar-refractivity contribution in [2.45, 2.75) is 0 Å². The van der Waals surface area contributed by atoms with Crippen molar-refractivity contribution in [3.8, 4) is 11.8 Å². The summed E-state index contributed by atoms with van der Waals surface area (Å²) in [4.78, 5) is 0. The molecule has 0 saturated heterocycles. The summed E-state index contributed by atoms with van der Waals surface area (Å²) in [7, 11) is 0. The summed E-state index contributed by atoms with van der Waals surface area (Å²) < 4.78 is 0. The molecule has 4 aromatic carbocycles. The molecule has 156 valence electrons. The predicted molar refractivity (Wildman–Crippen MR) is 143 cm³/mol. The topological polar surface area (TPSA) is 0 Å². The molecule has 4 aromatic rings. The second-order valence-corrected chi connectivity index (χ2v) is 9.57. The van der Waals surface area contributed by atoms with Gasteiger partial charge in [-0.15, -0.1) is 0 Å². The number of allylic oxidation sites excluding steroid dienone is 14. The lowest BCUT2D eigenvalue weighted by Crippen LogP contribution is -2.29. The van der Waals surface area contributed by atoms with Crippen LogP contribution in [0.2, 0.25) is 0 Å². The molecule has 2 unspecified atom stereocenters. The normalized spacial score (nSPS) is 21.9. The van der Waals surface area contributed by atoms with Crippen LogP contribution in [0.3, 0.4) is 0 Å². The Balaban J connectivity index is 1.31. The number of rotatable bonds is 0. The van der Waals surface area contributed by atoms with Gasteiger partial charge >= 0.3 is 0 Å². The van der Waals surface area contributed by atoms with Gasteiger partial charge in [-0.25, -0.2) is 0 Å². The first kappa shape index (κ1) is 18.1. The van der Waals surface area contributed by atoms with Crippen molar-refractivity contribution >= 4 is 32.3 Å². The van der Waals surface area contributed by atoms with Crippen LogP contribution in [0.5, 0.6) is 0 Å². The standard InChI is InChI=1S/C34H20/c1-3-23-13-15-27-11-9-21(29-19-17-25(5-1)31(23)33(27)29)7-8-22-10-12-28-16-14-24-4-2-6-26-18-20-30(22)34(28)32(24)26/h1-6,9-20,31,33H. The highest BCUT2D eigenvalue weighted by Gasteiger charge is 2.37. The van der Waals surface area contributed by atoms with Crippen LogP contribution in [0.4, 0.5) is 0 Å². The summed E-state index contributed by atoms with van der Waals surface area (Å²) in [5.74, 6) is 7.93. The largest absolute Gasteiger partial charge is 0.0617 e. The molecule has 0 heteroatoms. The molecule has 0 amide bonds. The fourth-order valence-electron chi connectivity index (χ4n) is 6.30. The van der Waals surface area contributed by atoms with E-state index >= 15 is 0 Å². The first-order valence-corrected chi connectivity index (χ1v) is 11.9. The highest BCUT2D eigenvalue weighted by Crippen LogP contribution is 2.49. The van der Waals surface area contributed by atoms with E-state index in [0.29, 0.717) is 11.8 Å². The summed E-state index contributed by atoms with van der Waals surface area (Å²) in [6.07, 6.45) is 20.3. The smallest absolute Gasteiger partial charge is 0.0328 e. The van der Waals surface area contributed by atoms with Gasteiger partial charge in [0.15, 0.2) is 0 Å². The van der Waals surface area contributed by atoms with E-state index in [1.54, 1.807) is 0 Å². The molecule has 0 aromatic heterocycles. The van der Waals surface area contributed by atoms with Crippen LogP contribution in [0.15, 0.2) is 137 Å². The average molecular weight is 429 g/mol. The quantitative estimate of drug-likeness (QED) is 0.197. The van der Waals surface area contributed by atoms with Crippen LogP contribution in [-0.2, 0) is 0 Å². The minimum Gasteiger partial charge on any atom is -0.0617 e. The van der Waals surface area contributed by atoms with Crippen molar-refractivity contribution in [3.63, 3.8) is 0 Å². The Kier molecular flexibility index (Phi) is 3.52. The van der Waals surface area contributed by atoms with E-state index in [4.69, 9.17) is 0 Å². The Morgan fingerprint density at radius 3 is 2.12 bits per heavy atom. The van der Waals surface area contributed by atoms with Crippen LogP contribution in [0, 0.1) is 23.7 Å². The van der Waals surface area contributed by atoms with Crippen molar-refractivity contribution < 1.29 is 0 Å². The third kappa shape index (κ3) is 2.39. The summed E-state index contributed by atoms with van der Waals surface area (Å²) in [5, 5.41) is 7.77. The van der Waals surface area contributed by atoms with Crippen LogP contribution in [0.25, 0.3) is 32.3 Å². The van der Waals surface area contributed by atoms with Gasteiger partial charge < -0.3 is 0 Å². The molecule has 4 aliphatic rings. The SMILES string of the molecule is C(#Cc1ccc2ccc3cccc4ccc1c2c34)C1=C2C=CC3=CC=CC4=CC=C(C=C1)C2C34. The maximum atomic E-state index is 3.57. The van der Waals surface area contributed by atoms with Crippen LogP contribution in [-0.4, -0.2) is 0 Å². The van der Waals surface area contributed by atoms with Crippen LogP contribution in [0.1, 0.15) is 5.56 Å². The minimum atomic E-state index is 0.372. The fraction of sp³-hybridized carbons (Fsp3) is 0.0588. The van der Waals surface area contributed by atoms with Gasteiger partial charge in [0, 0.05) is 23.0 Å². The van der Waals surface area contributed by atoms with E-state index in [9.17, 15) is 0 Å². The zero-order valence-corrected chi connectivity index (χ0v) is 18.5. The van der Waals surface area contributed by atoms with Crippen molar-refractivity contribution in [1.82, 2.24) is 0 Å². The lowest BCUT2D eigenvalue weighted by atomic mass is 9.63. The number of benzene rings is 4. The van der Waals surface area contributed by atoms with Crippen molar-refractivity contribution in [2.24, 2.45) is 11.8 Å². The van der Waals surface area contributed by atoms with Crippen molar-refractivity contribution in [1.29, 1.82) is 0 Å². The lowest BCUT2D eigenvalue weighted by Gasteiger charge is -2.39. The molecule has 0 spiro atoms. The number of hydrogen-bond acceptors (Lipinski definition) is 0. The van der Waals surface area contributed by atoms with E-state index in [1.807, 2.05) is 0 Å². The maximum absolute atomic E-state index is 3.57. The fourth-order valence-corrected chi connectivity index (χ4v) is 6.30. The molecule has 2 atom stereocenters. The van der Waals surface area contributed by atoms with Crippen LogP contribution >= 0.6 is 0 Å². The Morgan fingerprint density at radius 1 is 0.529 bits per heavy atom. The second kappa shape index (κ2) is 6.60. The molecule has 0 bridgehead atoms. The predicted octanol–water partition coefficient (Wildman–Crippen LogP) is 7.97. The van der Waals surface area contributed by atoms with Crippen molar-refractivity contribution in [2.75, 3.05) is 0 Å². The van der Waals surface area contributed by atoms with Gasteiger partial charge in [0.1, 0.15) is 0 Å². The number of hydrogen-bond donors (Lipinski definition) is 0. The first-order valence-electron chi connectivity index (χ1n) is 11.9. The second-order valence-electron chi connectivity index (χ2n) is 9.57. The summed E-state index contributed by atoms with van der Waals surface area (Å²) in [5.41, 5.74) is 7.78. The molecule has 4 aliphatic carbocycles. The van der Waals surface area contributed by atoms with Gasteiger partial charge in [0.2, 0.25) is 0 Å². The van der Waals surface area contributed by atoms with E-state index in [0.717, 1.165) is 11.1 Å². The van der Waals surface area contributed by atoms with Crippen molar-refractivity contribution in [3.05, 3.63) is 143 Å². The Labute approximate surface area is 198 Å². The molecule has 0 nitrogen and oxygen atoms in total. The molecule has 0 fully saturated rings. The van der Waals surface area contributed by atoms with Gasteiger partial charge in [0.05, 0.1) is 0 Å². The Bertz CT molecular complexity index is 1830. The van der Waals surface area contributed by atoms with Crippen LogP contribution < -0.4 is 0 Å². The van der Waals surface area contributed by atoms with Gasteiger partial charge in [-0.1, -0.05) is 109 Å². The zero-order valence-electron chi connectivity index (χ0n) is 18.5. The van der Waals surface area contributed by atoms with Gasteiger partial charge in [-0.3, -0.25) is 0 Å². The molecule has 0 heterocycles. The summed E-state index contributed by atoms with van der Waals surface area (Å²) in [6, 6.07) is 19.9. The first-order chi connectivity index (χ1) is 16.8. The lowest BCUT2D eigenvalue weighted by molar-refractivity contribution is 0.562. The summed E-state index contributed by atoms with van der Waals surface area (Å²) >= 11 is 0. The van der Waals surface area contributed by atoms with Gasteiger partial charge in [-0.2, -0.15) is 0 Å². The Hall–Kier alpha value is -4.34. The summed E-state index contributed by atoms with van der Waals surface area (Å²) in [6.45, 7) is 0. The third-order valence-electron chi connectivity index (χ3n) is 7.86. The molecular weight excluding hydrogens is 408 g/mol. The molecule has 8 rings (SSSR count). The molecule has 0 radical (unpaired) electrons. The molecule has 34 heavy (non-hydrogen) atoms. The Morgan fingerprint density at radius 2 is 1.24 bits per heavy atom. The van der Waals surface area contributed by atoms with Gasteiger partial charge in [-0.05, 0) is 66.8 Å². The van der Waals surface area contributed by atoms with E-state index in [2.05, 4.69) is 121 Å². The highest BCUT2D eigenvalue weighted by molar-refractivity contribution is 6.23. The molecule has 0 aliphatic heterocycles. The van der Waals surface area contributed by atoms with Gasteiger partial charge in [0.25, 0.3) is 0 Å². The highest BCUT2D eigenvalue weighted by atomic mass is 14.4. The maximum Gasteiger partial charge on any atom is 0.0328 e. The van der Waals surface area contributed by atoms with E-state index in [-0.39, 0.29) is 0 Å². The average Bonchev–Trinajstić information content (AvgIpc) is 2.90. The zero-order chi connectivity index (χ0) is 22.2.